The molecule has 1 aromatic heterocycles. The second kappa shape index (κ2) is 6.60. The van der Waals surface area contributed by atoms with Crippen molar-refractivity contribution in [2.75, 3.05) is 19.7 Å². The van der Waals surface area contributed by atoms with Crippen LogP contribution in [0.25, 0.3) is 5.69 Å². The fraction of sp³-hybridized carbons (Fsp3) is 0.550. The molecule has 7 heteroatoms. The molecule has 2 aromatic rings. The van der Waals surface area contributed by atoms with Gasteiger partial charge in [0.25, 0.3) is 5.91 Å². The minimum absolute atomic E-state index is 0.0997. The molecule has 2 heterocycles. The van der Waals surface area contributed by atoms with E-state index in [1.54, 1.807) is 4.68 Å². The number of carbonyl (C=O) groups excluding carboxylic acids is 1. The standard InChI is InChI=1S/C20H23ClN4O2/c21-15-5-1-2-6-16(15)25-18(14-7-8-14)22-17(23-25)19(26)24-11-12-27-20(13-24)9-3-4-10-20/h1-2,5-6,14H,3-4,7-13H2. The van der Waals surface area contributed by atoms with Crippen molar-refractivity contribution in [1.29, 1.82) is 0 Å². The van der Waals surface area contributed by atoms with Gasteiger partial charge in [0.2, 0.25) is 5.82 Å². The summed E-state index contributed by atoms with van der Waals surface area (Å²) >= 11 is 6.37. The number of aromatic nitrogens is 3. The first-order valence-corrected chi connectivity index (χ1v) is 10.2. The lowest BCUT2D eigenvalue weighted by molar-refractivity contribution is -0.0950. The Morgan fingerprint density at radius 2 is 2.00 bits per heavy atom. The second-order valence-corrected chi connectivity index (χ2v) is 8.30. The van der Waals surface area contributed by atoms with Crippen molar-refractivity contribution in [3.8, 4) is 5.69 Å². The van der Waals surface area contributed by atoms with Crippen LogP contribution >= 0.6 is 11.6 Å². The fourth-order valence-electron chi connectivity index (χ4n) is 4.30. The van der Waals surface area contributed by atoms with Crippen LogP contribution in [0.4, 0.5) is 0 Å². The first-order chi connectivity index (χ1) is 13.2. The van der Waals surface area contributed by atoms with Crippen LogP contribution in [-0.4, -0.2) is 50.9 Å². The summed E-state index contributed by atoms with van der Waals surface area (Å²) in [6.45, 7) is 1.83. The van der Waals surface area contributed by atoms with Crippen LogP contribution in [-0.2, 0) is 4.74 Å². The van der Waals surface area contributed by atoms with E-state index in [2.05, 4.69) is 10.1 Å². The first kappa shape index (κ1) is 17.2. The van der Waals surface area contributed by atoms with Gasteiger partial charge in [0.05, 0.1) is 29.5 Å². The summed E-state index contributed by atoms with van der Waals surface area (Å²) < 4.78 is 7.81. The lowest BCUT2D eigenvalue weighted by Crippen LogP contribution is -2.52. The van der Waals surface area contributed by atoms with Crippen molar-refractivity contribution in [2.24, 2.45) is 0 Å². The molecule has 1 amide bonds. The van der Waals surface area contributed by atoms with Crippen molar-refractivity contribution in [1.82, 2.24) is 19.7 Å². The van der Waals surface area contributed by atoms with Gasteiger partial charge < -0.3 is 9.64 Å². The number of halogens is 1. The maximum Gasteiger partial charge on any atom is 0.293 e. The smallest absolute Gasteiger partial charge is 0.293 e. The molecule has 0 atom stereocenters. The normalized spacial score (nSPS) is 21.7. The van der Waals surface area contributed by atoms with Crippen LogP contribution < -0.4 is 0 Å². The lowest BCUT2D eigenvalue weighted by Gasteiger charge is -2.40. The van der Waals surface area contributed by atoms with Crippen molar-refractivity contribution in [2.45, 2.75) is 50.0 Å². The molecule has 27 heavy (non-hydrogen) atoms. The summed E-state index contributed by atoms with van der Waals surface area (Å²) in [6, 6.07) is 7.56. The van der Waals surface area contributed by atoms with Gasteiger partial charge in [-0.1, -0.05) is 36.6 Å². The number of hydrogen-bond donors (Lipinski definition) is 0. The molecular formula is C20H23ClN4O2. The number of hydrogen-bond acceptors (Lipinski definition) is 4. The highest BCUT2D eigenvalue weighted by Crippen LogP contribution is 2.41. The summed E-state index contributed by atoms with van der Waals surface area (Å²) in [5.41, 5.74) is 0.625. The number of ether oxygens (including phenoxy) is 1. The van der Waals surface area contributed by atoms with Gasteiger partial charge in [-0.2, -0.15) is 0 Å². The molecular weight excluding hydrogens is 364 g/mol. The zero-order valence-electron chi connectivity index (χ0n) is 15.2. The van der Waals surface area contributed by atoms with Crippen LogP contribution in [0.1, 0.15) is 60.9 Å². The third-order valence-corrected chi connectivity index (χ3v) is 6.22. The van der Waals surface area contributed by atoms with Crippen molar-refractivity contribution in [3.05, 3.63) is 40.9 Å². The first-order valence-electron chi connectivity index (χ1n) is 9.80. The topological polar surface area (TPSA) is 60.2 Å². The minimum atomic E-state index is -0.154. The van der Waals surface area contributed by atoms with Crippen LogP contribution in [0.2, 0.25) is 5.02 Å². The average molecular weight is 387 g/mol. The summed E-state index contributed by atoms with van der Waals surface area (Å²) in [7, 11) is 0. The molecule has 1 saturated heterocycles. The molecule has 2 saturated carbocycles. The molecule has 2 aliphatic carbocycles. The van der Waals surface area contributed by atoms with E-state index in [0.29, 0.717) is 30.6 Å². The van der Waals surface area contributed by atoms with E-state index >= 15 is 0 Å². The van der Waals surface area contributed by atoms with Crippen LogP contribution in [0, 0.1) is 0 Å². The molecule has 3 fully saturated rings. The maximum atomic E-state index is 13.2. The third-order valence-electron chi connectivity index (χ3n) is 5.90. The average Bonchev–Trinajstić information content (AvgIpc) is 3.29. The van der Waals surface area contributed by atoms with E-state index in [0.717, 1.165) is 37.2 Å². The van der Waals surface area contributed by atoms with Gasteiger partial charge in [0, 0.05) is 12.5 Å². The van der Waals surface area contributed by atoms with E-state index in [1.165, 1.54) is 12.8 Å². The number of amides is 1. The number of para-hydroxylation sites is 1. The molecule has 6 nitrogen and oxygen atoms in total. The lowest BCUT2D eigenvalue weighted by atomic mass is 9.99. The maximum absolute atomic E-state index is 13.2. The highest BCUT2D eigenvalue weighted by atomic mass is 35.5. The molecule has 5 rings (SSSR count). The quantitative estimate of drug-likeness (QED) is 0.808. The van der Waals surface area contributed by atoms with Gasteiger partial charge in [-0.15, -0.1) is 5.10 Å². The largest absolute Gasteiger partial charge is 0.371 e. The predicted molar refractivity (Wildman–Crippen MR) is 101 cm³/mol. The summed E-state index contributed by atoms with van der Waals surface area (Å²) in [5.74, 6) is 1.38. The second-order valence-electron chi connectivity index (χ2n) is 7.90. The van der Waals surface area contributed by atoms with Crippen molar-refractivity contribution < 1.29 is 9.53 Å². The van der Waals surface area contributed by atoms with E-state index < -0.39 is 0 Å². The molecule has 1 aliphatic heterocycles. The van der Waals surface area contributed by atoms with Crippen molar-refractivity contribution >= 4 is 17.5 Å². The van der Waals surface area contributed by atoms with Gasteiger partial charge >= 0.3 is 0 Å². The molecule has 142 valence electrons. The van der Waals surface area contributed by atoms with Gasteiger partial charge in [-0.25, -0.2) is 9.67 Å². The van der Waals surface area contributed by atoms with Gasteiger partial charge in [0.1, 0.15) is 5.82 Å². The number of carbonyl (C=O) groups is 1. The Hall–Kier alpha value is -1.92. The Morgan fingerprint density at radius 1 is 1.22 bits per heavy atom. The molecule has 3 aliphatic rings. The number of benzene rings is 1. The Kier molecular flexibility index (Phi) is 4.20. The highest BCUT2D eigenvalue weighted by molar-refractivity contribution is 6.32. The zero-order chi connectivity index (χ0) is 18.4. The highest BCUT2D eigenvalue weighted by Gasteiger charge is 2.42. The van der Waals surface area contributed by atoms with Crippen LogP contribution in [0.3, 0.4) is 0 Å². The van der Waals surface area contributed by atoms with E-state index in [-0.39, 0.29) is 17.3 Å². The number of nitrogens with zero attached hydrogens (tertiary/aromatic N) is 4. The molecule has 1 spiro atoms. The molecule has 0 unspecified atom stereocenters. The molecule has 0 N–H and O–H groups in total. The van der Waals surface area contributed by atoms with Crippen molar-refractivity contribution in [3.63, 3.8) is 0 Å². The molecule has 0 radical (unpaired) electrons. The van der Waals surface area contributed by atoms with Gasteiger partial charge in [0.15, 0.2) is 0 Å². The van der Waals surface area contributed by atoms with Gasteiger partial charge in [-0.05, 0) is 37.8 Å². The third kappa shape index (κ3) is 3.15. The number of rotatable bonds is 3. The molecule has 0 bridgehead atoms. The molecule has 1 aromatic carbocycles. The minimum Gasteiger partial charge on any atom is -0.371 e. The summed E-state index contributed by atoms with van der Waals surface area (Å²) in [5, 5.41) is 5.19. The summed E-state index contributed by atoms with van der Waals surface area (Å²) in [6.07, 6.45) is 6.58. The Balaban J connectivity index is 1.46. The van der Waals surface area contributed by atoms with E-state index in [9.17, 15) is 4.79 Å². The number of morpholine rings is 1. The van der Waals surface area contributed by atoms with Gasteiger partial charge in [-0.3, -0.25) is 4.79 Å². The fourth-order valence-corrected chi connectivity index (χ4v) is 4.52. The van der Waals surface area contributed by atoms with E-state index in [1.807, 2.05) is 29.2 Å². The van der Waals surface area contributed by atoms with E-state index in [4.69, 9.17) is 16.3 Å². The zero-order valence-corrected chi connectivity index (χ0v) is 16.0. The SMILES string of the molecule is O=C(c1nc(C2CC2)n(-c2ccccc2Cl)n1)N1CCOC2(CCCC2)C1. The Labute approximate surface area is 163 Å². The van der Waals surface area contributed by atoms with Crippen LogP contribution in [0.5, 0.6) is 0 Å². The Bertz CT molecular complexity index is 871. The summed E-state index contributed by atoms with van der Waals surface area (Å²) in [4.78, 5) is 19.7. The Morgan fingerprint density at radius 3 is 2.74 bits per heavy atom. The van der Waals surface area contributed by atoms with Crippen LogP contribution in [0.15, 0.2) is 24.3 Å². The monoisotopic (exact) mass is 386 g/mol. The predicted octanol–water partition coefficient (Wildman–Crippen LogP) is 3.58.